The van der Waals surface area contributed by atoms with Gasteiger partial charge < -0.3 is 10.1 Å². The van der Waals surface area contributed by atoms with Crippen LogP contribution in [-0.4, -0.2) is 19.1 Å². The monoisotopic (exact) mass is 219 g/mol. The Morgan fingerprint density at radius 3 is 2.75 bits per heavy atom. The molecule has 0 spiro atoms. The minimum atomic E-state index is -0.0264. The van der Waals surface area contributed by atoms with E-state index in [-0.39, 0.29) is 11.9 Å². The summed E-state index contributed by atoms with van der Waals surface area (Å²) in [6.07, 6.45) is 2.02. The van der Waals surface area contributed by atoms with E-state index in [9.17, 15) is 4.79 Å². The Hall–Kier alpha value is -1.35. The van der Waals surface area contributed by atoms with Crippen LogP contribution in [0, 0.1) is 5.92 Å². The van der Waals surface area contributed by atoms with Gasteiger partial charge in [-0.2, -0.15) is 0 Å². The SMILES string of the molecule is O=C(OCCNCc1ccccc1)C1CC1. The number of benzene rings is 1. The molecule has 0 heterocycles. The molecule has 0 amide bonds. The van der Waals surface area contributed by atoms with Gasteiger partial charge in [0.1, 0.15) is 6.61 Å². The van der Waals surface area contributed by atoms with E-state index < -0.39 is 0 Å². The lowest BCUT2D eigenvalue weighted by Gasteiger charge is -2.05. The zero-order valence-electron chi connectivity index (χ0n) is 9.32. The Balaban J connectivity index is 1.53. The van der Waals surface area contributed by atoms with Crippen molar-refractivity contribution in [3.63, 3.8) is 0 Å². The highest BCUT2D eigenvalue weighted by Gasteiger charge is 2.30. The number of hydrogen-bond donors (Lipinski definition) is 1. The summed E-state index contributed by atoms with van der Waals surface area (Å²) in [6.45, 7) is 2.01. The van der Waals surface area contributed by atoms with Gasteiger partial charge in [0.15, 0.2) is 0 Å². The van der Waals surface area contributed by atoms with Gasteiger partial charge in [0.05, 0.1) is 5.92 Å². The van der Waals surface area contributed by atoms with Crippen LogP contribution in [0.1, 0.15) is 18.4 Å². The number of esters is 1. The summed E-state index contributed by atoms with van der Waals surface area (Å²) in [5.41, 5.74) is 1.25. The number of rotatable bonds is 6. The number of hydrogen-bond acceptors (Lipinski definition) is 3. The van der Waals surface area contributed by atoms with Crippen LogP contribution in [0.25, 0.3) is 0 Å². The molecule has 1 aliphatic carbocycles. The lowest BCUT2D eigenvalue weighted by Crippen LogP contribution is -2.21. The highest BCUT2D eigenvalue weighted by Crippen LogP contribution is 2.29. The maximum absolute atomic E-state index is 11.2. The Bertz CT molecular complexity index is 333. The highest BCUT2D eigenvalue weighted by molar-refractivity contribution is 5.74. The number of carbonyl (C=O) groups is 1. The Morgan fingerprint density at radius 2 is 2.06 bits per heavy atom. The topological polar surface area (TPSA) is 38.3 Å². The van der Waals surface area contributed by atoms with Gasteiger partial charge in [-0.15, -0.1) is 0 Å². The first-order chi connectivity index (χ1) is 7.86. The summed E-state index contributed by atoms with van der Waals surface area (Å²) in [4.78, 5) is 11.2. The standard InChI is InChI=1S/C13H17NO2/c15-13(12-6-7-12)16-9-8-14-10-11-4-2-1-3-5-11/h1-5,12,14H,6-10H2. The van der Waals surface area contributed by atoms with Crippen molar-refractivity contribution < 1.29 is 9.53 Å². The summed E-state index contributed by atoms with van der Waals surface area (Å²) in [7, 11) is 0. The first-order valence-electron chi connectivity index (χ1n) is 5.77. The second-order valence-corrected chi connectivity index (χ2v) is 4.10. The van der Waals surface area contributed by atoms with Crippen molar-refractivity contribution in [3.8, 4) is 0 Å². The summed E-state index contributed by atoms with van der Waals surface area (Å²) < 4.78 is 5.10. The molecule has 0 unspecified atom stereocenters. The van der Waals surface area contributed by atoms with E-state index in [2.05, 4.69) is 17.4 Å². The van der Waals surface area contributed by atoms with Gasteiger partial charge in [-0.05, 0) is 18.4 Å². The van der Waals surface area contributed by atoms with Gasteiger partial charge in [0.2, 0.25) is 0 Å². The van der Waals surface area contributed by atoms with Crippen molar-refractivity contribution in [2.45, 2.75) is 19.4 Å². The third-order valence-electron chi connectivity index (χ3n) is 2.61. The molecular weight excluding hydrogens is 202 g/mol. The van der Waals surface area contributed by atoms with Crippen molar-refractivity contribution in [1.82, 2.24) is 5.32 Å². The molecule has 16 heavy (non-hydrogen) atoms. The minimum Gasteiger partial charge on any atom is -0.464 e. The average Bonchev–Trinajstić information content (AvgIpc) is 3.13. The van der Waals surface area contributed by atoms with Crippen molar-refractivity contribution in [2.75, 3.05) is 13.2 Å². The molecule has 0 atom stereocenters. The molecule has 3 heteroatoms. The number of carbonyl (C=O) groups excluding carboxylic acids is 1. The van der Waals surface area contributed by atoms with Crippen LogP contribution in [0.2, 0.25) is 0 Å². The molecule has 2 rings (SSSR count). The molecule has 0 aromatic heterocycles. The van der Waals surface area contributed by atoms with Crippen molar-refractivity contribution in [1.29, 1.82) is 0 Å². The Kier molecular flexibility index (Phi) is 3.94. The van der Waals surface area contributed by atoms with Gasteiger partial charge in [0, 0.05) is 13.1 Å². The molecule has 1 aromatic carbocycles. The highest BCUT2D eigenvalue weighted by atomic mass is 16.5. The summed E-state index contributed by atoms with van der Waals surface area (Å²) in [5.74, 6) is 0.177. The fourth-order valence-corrected chi connectivity index (χ4v) is 1.49. The zero-order chi connectivity index (χ0) is 11.2. The molecule has 1 fully saturated rings. The lowest BCUT2D eigenvalue weighted by molar-refractivity contribution is -0.145. The molecule has 86 valence electrons. The third kappa shape index (κ3) is 3.66. The van der Waals surface area contributed by atoms with Gasteiger partial charge >= 0.3 is 5.97 Å². The van der Waals surface area contributed by atoms with E-state index in [1.165, 1.54) is 5.56 Å². The minimum absolute atomic E-state index is 0.0264. The van der Waals surface area contributed by atoms with E-state index in [1.807, 2.05) is 18.2 Å². The Morgan fingerprint density at radius 1 is 1.31 bits per heavy atom. The van der Waals surface area contributed by atoms with Crippen LogP contribution in [0.5, 0.6) is 0 Å². The largest absolute Gasteiger partial charge is 0.464 e. The average molecular weight is 219 g/mol. The summed E-state index contributed by atoms with van der Waals surface area (Å²) in [6, 6.07) is 10.2. The van der Waals surface area contributed by atoms with Gasteiger partial charge in [-0.1, -0.05) is 30.3 Å². The fraction of sp³-hybridized carbons (Fsp3) is 0.462. The van der Waals surface area contributed by atoms with Crippen LogP contribution in [0.4, 0.5) is 0 Å². The second kappa shape index (κ2) is 5.66. The molecular formula is C13H17NO2. The molecule has 0 bridgehead atoms. The van der Waals surface area contributed by atoms with E-state index in [4.69, 9.17) is 4.74 Å². The summed E-state index contributed by atoms with van der Waals surface area (Å²) >= 11 is 0. The Labute approximate surface area is 95.8 Å². The smallest absolute Gasteiger partial charge is 0.308 e. The third-order valence-corrected chi connectivity index (χ3v) is 2.61. The van der Waals surface area contributed by atoms with Crippen LogP contribution in [0.15, 0.2) is 30.3 Å². The number of nitrogens with one attached hydrogen (secondary N) is 1. The maximum atomic E-state index is 11.2. The fourth-order valence-electron chi connectivity index (χ4n) is 1.49. The number of ether oxygens (including phenoxy) is 1. The van der Waals surface area contributed by atoms with Crippen molar-refractivity contribution in [2.24, 2.45) is 5.92 Å². The van der Waals surface area contributed by atoms with Crippen molar-refractivity contribution >= 4 is 5.97 Å². The maximum Gasteiger partial charge on any atom is 0.308 e. The van der Waals surface area contributed by atoms with Gasteiger partial charge in [-0.25, -0.2) is 0 Å². The quantitative estimate of drug-likeness (QED) is 0.585. The molecule has 3 nitrogen and oxygen atoms in total. The second-order valence-electron chi connectivity index (χ2n) is 4.10. The molecule has 1 aliphatic rings. The molecule has 1 aromatic rings. The van der Waals surface area contributed by atoms with Crippen molar-refractivity contribution in [3.05, 3.63) is 35.9 Å². The predicted octanol–water partition coefficient (Wildman–Crippen LogP) is 1.73. The molecule has 1 saturated carbocycles. The summed E-state index contributed by atoms with van der Waals surface area (Å²) in [5, 5.41) is 3.24. The van der Waals surface area contributed by atoms with Crippen LogP contribution < -0.4 is 5.32 Å². The molecule has 0 aliphatic heterocycles. The molecule has 0 radical (unpaired) electrons. The van der Waals surface area contributed by atoms with E-state index >= 15 is 0 Å². The van der Waals surface area contributed by atoms with Crippen LogP contribution >= 0.6 is 0 Å². The predicted molar refractivity (Wildman–Crippen MR) is 61.8 cm³/mol. The van der Waals surface area contributed by atoms with Gasteiger partial charge in [0.25, 0.3) is 0 Å². The lowest BCUT2D eigenvalue weighted by atomic mass is 10.2. The molecule has 0 saturated heterocycles. The normalized spacial score (nSPS) is 14.8. The van der Waals surface area contributed by atoms with Gasteiger partial charge in [-0.3, -0.25) is 4.79 Å². The molecule has 1 N–H and O–H groups in total. The van der Waals surface area contributed by atoms with E-state index in [0.717, 1.165) is 19.4 Å². The van der Waals surface area contributed by atoms with Crippen LogP contribution in [0.3, 0.4) is 0 Å². The zero-order valence-corrected chi connectivity index (χ0v) is 9.32. The van der Waals surface area contributed by atoms with Crippen LogP contribution in [-0.2, 0) is 16.1 Å². The first kappa shape index (κ1) is 11.1. The first-order valence-corrected chi connectivity index (χ1v) is 5.77. The van der Waals surface area contributed by atoms with E-state index in [1.54, 1.807) is 0 Å². The van der Waals surface area contributed by atoms with E-state index in [0.29, 0.717) is 13.2 Å².